The summed E-state index contributed by atoms with van der Waals surface area (Å²) in [6.45, 7) is 7.05. The van der Waals surface area contributed by atoms with Crippen molar-refractivity contribution >= 4 is 17.4 Å². The van der Waals surface area contributed by atoms with E-state index in [0.29, 0.717) is 0 Å². The van der Waals surface area contributed by atoms with Gasteiger partial charge in [-0.3, -0.25) is 0 Å². The first-order chi connectivity index (χ1) is 10.2. The lowest BCUT2D eigenvalue weighted by Gasteiger charge is -2.16. The molecule has 2 aromatic carbocycles. The van der Waals surface area contributed by atoms with Crippen molar-refractivity contribution in [2.75, 3.05) is 11.1 Å². The van der Waals surface area contributed by atoms with Crippen molar-refractivity contribution in [3.63, 3.8) is 0 Å². The van der Waals surface area contributed by atoms with Crippen molar-refractivity contribution in [3.05, 3.63) is 54.1 Å². The number of ether oxygens (including phenoxy) is 1. The average molecular weight is 301 g/mol. The van der Waals surface area contributed by atoms with E-state index in [2.05, 4.69) is 62.5 Å². The molecule has 1 N–H and O–H groups in total. The van der Waals surface area contributed by atoms with Crippen LogP contribution in [0.4, 0.5) is 5.69 Å². The van der Waals surface area contributed by atoms with Crippen LogP contribution in [0.3, 0.4) is 0 Å². The molecule has 0 aromatic heterocycles. The Balaban J connectivity index is 2.10. The molecule has 0 bridgehead atoms. The van der Waals surface area contributed by atoms with Gasteiger partial charge in [0.1, 0.15) is 5.75 Å². The number of hydrogen-bond acceptors (Lipinski definition) is 3. The summed E-state index contributed by atoms with van der Waals surface area (Å²) in [4.78, 5) is 1.29. The summed E-state index contributed by atoms with van der Waals surface area (Å²) in [5.74, 6) is 2.03. The first kappa shape index (κ1) is 15.8. The third-order valence-corrected chi connectivity index (χ3v) is 3.95. The van der Waals surface area contributed by atoms with Gasteiger partial charge in [-0.15, -0.1) is 11.8 Å². The summed E-state index contributed by atoms with van der Waals surface area (Å²) < 4.78 is 5.87. The molecule has 0 amide bonds. The molecule has 0 heterocycles. The number of para-hydroxylation sites is 2. The van der Waals surface area contributed by atoms with Gasteiger partial charge in [-0.05, 0) is 37.8 Å². The fraction of sp³-hybridized carbons (Fsp3) is 0.333. The molecule has 0 unspecified atom stereocenters. The highest BCUT2D eigenvalue weighted by Crippen LogP contribution is 2.28. The van der Waals surface area contributed by atoms with E-state index in [4.69, 9.17) is 4.74 Å². The van der Waals surface area contributed by atoms with Crippen LogP contribution in [0, 0.1) is 0 Å². The molecule has 0 spiro atoms. The molecule has 21 heavy (non-hydrogen) atoms. The highest BCUT2D eigenvalue weighted by molar-refractivity contribution is 7.99. The van der Waals surface area contributed by atoms with E-state index < -0.39 is 0 Å². The summed E-state index contributed by atoms with van der Waals surface area (Å²) in [7, 11) is 0. The van der Waals surface area contributed by atoms with Gasteiger partial charge < -0.3 is 10.1 Å². The number of nitrogens with one attached hydrogen (secondary N) is 1. The average Bonchev–Trinajstić information content (AvgIpc) is 2.47. The van der Waals surface area contributed by atoms with Crippen molar-refractivity contribution in [1.82, 2.24) is 0 Å². The summed E-state index contributed by atoms with van der Waals surface area (Å²) in [6.07, 6.45) is 0.189. The molecule has 0 fully saturated rings. The van der Waals surface area contributed by atoms with Crippen LogP contribution in [0.2, 0.25) is 0 Å². The first-order valence-electron chi connectivity index (χ1n) is 7.41. The van der Waals surface area contributed by atoms with Crippen LogP contribution in [0.15, 0.2) is 53.4 Å². The minimum Gasteiger partial charge on any atom is -0.491 e. The van der Waals surface area contributed by atoms with Crippen LogP contribution in [0.5, 0.6) is 5.75 Å². The van der Waals surface area contributed by atoms with E-state index in [1.807, 2.05) is 23.9 Å². The second-order valence-corrected chi connectivity index (χ2v) is 6.36. The molecule has 2 rings (SSSR count). The molecule has 0 aliphatic carbocycles. The SMILES string of the molecule is CCSc1ccccc1NCc1ccccc1OC(C)C. The van der Waals surface area contributed by atoms with E-state index in [0.717, 1.165) is 18.0 Å². The van der Waals surface area contributed by atoms with Crippen LogP contribution >= 0.6 is 11.8 Å². The Morgan fingerprint density at radius 3 is 2.52 bits per heavy atom. The Morgan fingerprint density at radius 2 is 1.76 bits per heavy atom. The Bertz CT molecular complexity index is 569. The van der Waals surface area contributed by atoms with Crippen molar-refractivity contribution in [1.29, 1.82) is 0 Å². The van der Waals surface area contributed by atoms with Crippen molar-refractivity contribution < 1.29 is 4.74 Å². The molecule has 0 radical (unpaired) electrons. The number of anilines is 1. The van der Waals surface area contributed by atoms with Crippen LogP contribution in [0.25, 0.3) is 0 Å². The molecule has 2 aromatic rings. The van der Waals surface area contributed by atoms with Gasteiger partial charge in [-0.25, -0.2) is 0 Å². The largest absolute Gasteiger partial charge is 0.491 e. The van der Waals surface area contributed by atoms with Gasteiger partial charge in [0.2, 0.25) is 0 Å². The highest BCUT2D eigenvalue weighted by atomic mass is 32.2. The minimum atomic E-state index is 0.189. The molecule has 0 saturated carbocycles. The lowest BCUT2D eigenvalue weighted by Crippen LogP contribution is -2.09. The Labute approximate surface area is 131 Å². The van der Waals surface area contributed by atoms with E-state index >= 15 is 0 Å². The molecule has 3 heteroatoms. The van der Waals surface area contributed by atoms with Crippen LogP contribution < -0.4 is 10.1 Å². The standard InChI is InChI=1S/C18H23NOS/c1-4-21-18-12-8-6-10-16(18)19-13-15-9-5-7-11-17(15)20-14(2)3/h5-12,14,19H,4,13H2,1-3H3. The molecule has 0 aliphatic heterocycles. The third-order valence-electron chi connectivity index (χ3n) is 2.99. The molecule has 2 nitrogen and oxygen atoms in total. The number of thioether (sulfide) groups is 1. The smallest absolute Gasteiger partial charge is 0.124 e. The monoisotopic (exact) mass is 301 g/mol. The summed E-state index contributed by atoms with van der Waals surface area (Å²) >= 11 is 1.86. The minimum absolute atomic E-state index is 0.189. The van der Waals surface area contributed by atoms with Crippen molar-refractivity contribution in [2.45, 2.75) is 38.3 Å². The maximum atomic E-state index is 5.87. The Kier molecular flexibility index (Phi) is 6.00. The van der Waals surface area contributed by atoms with Gasteiger partial charge in [0.25, 0.3) is 0 Å². The van der Waals surface area contributed by atoms with Gasteiger partial charge in [0.05, 0.1) is 6.10 Å². The first-order valence-corrected chi connectivity index (χ1v) is 8.39. The second-order valence-electron chi connectivity index (χ2n) is 5.06. The third kappa shape index (κ3) is 4.71. The van der Waals surface area contributed by atoms with E-state index in [9.17, 15) is 0 Å². The number of benzene rings is 2. The number of hydrogen-bond donors (Lipinski definition) is 1. The van der Waals surface area contributed by atoms with E-state index in [1.54, 1.807) is 0 Å². The fourth-order valence-corrected chi connectivity index (χ4v) is 2.88. The lowest BCUT2D eigenvalue weighted by atomic mass is 10.2. The maximum Gasteiger partial charge on any atom is 0.124 e. The van der Waals surface area contributed by atoms with Gasteiger partial charge in [-0.2, -0.15) is 0 Å². The van der Waals surface area contributed by atoms with E-state index in [1.165, 1.54) is 16.1 Å². The highest BCUT2D eigenvalue weighted by Gasteiger charge is 2.06. The second kappa shape index (κ2) is 7.99. The topological polar surface area (TPSA) is 21.3 Å². The molecular weight excluding hydrogens is 278 g/mol. The predicted molar refractivity (Wildman–Crippen MR) is 92.4 cm³/mol. The van der Waals surface area contributed by atoms with Gasteiger partial charge in [-0.1, -0.05) is 37.3 Å². The zero-order valence-electron chi connectivity index (χ0n) is 12.9. The quantitative estimate of drug-likeness (QED) is 0.710. The zero-order chi connectivity index (χ0) is 15.1. The molecule has 0 aliphatic rings. The van der Waals surface area contributed by atoms with Crippen LogP contribution in [-0.2, 0) is 6.54 Å². The summed E-state index contributed by atoms with van der Waals surface area (Å²) in [5, 5.41) is 3.53. The Morgan fingerprint density at radius 1 is 1.05 bits per heavy atom. The molecule has 0 saturated heterocycles. The predicted octanol–water partition coefficient (Wildman–Crippen LogP) is 5.20. The van der Waals surface area contributed by atoms with Crippen molar-refractivity contribution in [2.24, 2.45) is 0 Å². The molecule has 112 valence electrons. The normalized spacial score (nSPS) is 10.7. The lowest BCUT2D eigenvalue weighted by molar-refractivity contribution is 0.240. The zero-order valence-corrected chi connectivity index (χ0v) is 13.7. The number of rotatable bonds is 7. The van der Waals surface area contributed by atoms with Gasteiger partial charge in [0, 0.05) is 22.7 Å². The summed E-state index contributed by atoms with van der Waals surface area (Å²) in [5.41, 5.74) is 2.37. The Hall–Kier alpha value is -1.61. The van der Waals surface area contributed by atoms with Crippen LogP contribution in [0.1, 0.15) is 26.3 Å². The maximum absolute atomic E-state index is 5.87. The van der Waals surface area contributed by atoms with Gasteiger partial charge in [0.15, 0.2) is 0 Å². The van der Waals surface area contributed by atoms with Crippen LogP contribution in [-0.4, -0.2) is 11.9 Å². The fourth-order valence-electron chi connectivity index (χ4n) is 2.10. The molecular formula is C18H23NOS. The van der Waals surface area contributed by atoms with Crippen molar-refractivity contribution in [3.8, 4) is 5.75 Å². The summed E-state index contributed by atoms with van der Waals surface area (Å²) in [6, 6.07) is 16.7. The van der Waals surface area contributed by atoms with Gasteiger partial charge >= 0.3 is 0 Å². The molecule has 0 atom stereocenters. The van der Waals surface area contributed by atoms with E-state index in [-0.39, 0.29) is 6.10 Å².